The van der Waals surface area contributed by atoms with E-state index in [9.17, 15) is 24.5 Å². The Hall–Kier alpha value is -3.02. The van der Waals surface area contributed by atoms with E-state index < -0.39 is 17.6 Å². The van der Waals surface area contributed by atoms with Gasteiger partial charge in [-0.3, -0.25) is 0 Å². The molecule has 3 N–H and O–H groups in total. The van der Waals surface area contributed by atoms with Crippen molar-refractivity contribution in [3.8, 4) is 11.1 Å². The quantitative estimate of drug-likeness (QED) is 0.584. The Bertz CT molecular complexity index is 1060. The first kappa shape index (κ1) is 19.3. The van der Waals surface area contributed by atoms with Gasteiger partial charge in [-0.05, 0) is 59.7 Å². The minimum atomic E-state index is -1.99. The molecule has 5 heteroatoms. The average Bonchev–Trinajstić information content (AvgIpc) is 2.70. The summed E-state index contributed by atoms with van der Waals surface area (Å²) in [6.45, 7) is 0. The molecule has 1 aliphatic rings. The third-order valence-electron chi connectivity index (χ3n) is 5.68. The van der Waals surface area contributed by atoms with E-state index in [-0.39, 0.29) is 17.0 Å². The maximum absolute atomic E-state index is 13.7. The summed E-state index contributed by atoms with van der Waals surface area (Å²) in [6, 6.07) is 18.2. The first-order chi connectivity index (χ1) is 13.9. The number of carboxylic acids is 1. The molecule has 1 aliphatic carbocycles. The van der Waals surface area contributed by atoms with Crippen molar-refractivity contribution in [2.45, 2.75) is 25.0 Å². The first-order valence-electron chi connectivity index (χ1n) is 9.51. The van der Waals surface area contributed by atoms with E-state index >= 15 is 0 Å². The van der Waals surface area contributed by atoms with E-state index in [1.807, 2.05) is 30.3 Å². The van der Waals surface area contributed by atoms with Gasteiger partial charge >= 0.3 is 5.97 Å². The lowest BCUT2D eigenvalue weighted by molar-refractivity contribution is -0.216. The highest BCUT2D eigenvalue weighted by Gasteiger charge is 2.41. The van der Waals surface area contributed by atoms with Crippen LogP contribution in [0.3, 0.4) is 0 Å². The fourth-order valence-corrected chi connectivity index (χ4v) is 4.16. The number of aryl methyl sites for hydroxylation is 1. The molecule has 4 nitrogen and oxygen atoms in total. The third kappa shape index (κ3) is 3.67. The Morgan fingerprint density at radius 1 is 1.03 bits per heavy atom. The topological polar surface area (TPSA) is 77.8 Å². The van der Waals surface area contributed by atoms with Crippen molar-refractivity contribution in [2.75, 3.05) is 0 Å². The van der Waals surface area contributed by atoms with Crippen LogP contribution in [-0.2, 0) is 18.6 Å². The minimum absolute atomic E-state index is 0.00312. The average molecular weight is 392 g/mol. The van der Waals surface area contributed by atoms with E-state index in [0.29, 0.717) is 30.4 Å². The van der Waals surface area contributed by atoms with Crippen LogP contribution >= 0.6 is 0 Å². The lowest BCUT2D eigenvalue weighted by Gasteiger charge is -2.37. The molecule has 0 bridgehead atoms. The van der Waals surface area contributed by atoms with Crippen LogP contribution < -0.4 is 0 Å². The highest BCUT2D eigenvalue weighted by atomic mass is 19.1. The largest absolute Gasteiger partial charge is 0.478 e. The van der Waals surface area contributed by atoms with Crippen molar-refractivity contribution in [1.29, 1.82) is 0 Å². The smallest absolute Gasteiger partial charge is 0.336 e. The van der Waals surface area contributed by atoms with Gasteiger partial charge in [-0.15, -0.1) is 0 Å². The molecule has 4 rings (SSSR count). The van der Waals surface area contributed by atoms with Crippen LogP contribution in [0.1, 0.15) is 33.5 Å². The lowest BCUT2D eigenvalue weighted by atomic mass is 9.75. The van der Waals surface area contributed by atoms with Crippen LogP contribution in [0.15, 0.2) is 66.7 Å². The van der Waals surface area contributed by atoms with E-state index in [4.69, 9.17) is 0 Å². The number of hydrogen-bond donors (Lipinski definition) is 3. The normalized spacial score (nSPS) is 17.6. The van der Waals surface area contributed by atoms with Crippen LogP contribution in [0.5, 0.6) is 0 Å². The van der Waals surface area contributed by atoms with Crippen molar-refractivity contribution in [2.24, 2.45) is 5.92 Å². The van der Waals surface area contributed by atoms with Gasteiger partial charge in [0.05, 0.1) is 5.56 Å². The van der Waals surface area contributed by atoms with Gasteiger partial charge < -0.3 is 15.3 Å². The van der Waals surface area contributed by atoms with Crippen LogP contribution in [0.4, 0.5) is 4.39 Å². The van der Waals surface area contributed by atoms with Gasteiger partial charge in [0.25, 0.3) is 0 Å². The zero-order chi connectivity index (χ0) is 20.6. The fraction of sp³-hybridized carbons (Fsp3) is 0.208. The number of rotatable bonds is 4. The SMILES string of the molecule is O=C(O)c1ccc(F)cc1-c1ccc2c(c1)CCC(Cc1ccccc1)C2(O)O. The summed E-state index contributed by atoms with van der Waals surface area (Å²) in [5, 5.41) is 31.2. The molecule has 148 valence electrons. The maximum atomic E-state index is 13.7. The van der Waals surface area contributed by atoms with E-state index in [1.165, 1.54) is 12.1 Å². The van der Waals surface area contributed by atoms with Crippen molar-refractivity contribution >= 4 is 5.97 Å². The highest BCUT2D eigenvalue weighted by Crippen LogP contribution is 2.41. The maximum Gasteiger partial charge on any atom is 0.336 e. The van der Waals surface area contributed by atoms with Gasteiger partial charge in [0.1, 0.15) is 5.82 Å². The van der Waals surface area contributed by atoms with Crippen molar-refractivity contribution < 1.29 is 24.5 Å². The summed E-state index contributed by atoms with van der Waals surface area (Å²) < 4.78 is 13.7. The zero-order valence-corrected chi connectivity index (χ0v) is 15.7. The molecule has 3 aromatic rings. The predicted octanol–water partition coefficient (Wildman–Crippen LogP) is 4.13. The van der Waals surface area contributed by atoms with Crippen molar-refractivity contribution in [1.82, 2.24) is 0 Å². The summed E-state index contributed by atoms with van der Waals surface area (Å²) in [7, 11) is 0. The van der Waals surface area contributed by atoms with Gasteiger partial charge in [0, 0.05) is 11.5 Å². The fourth-order valence-electron chi connectivity index (χ4n) is 4.16. The molecule has 0 saturated heterocycles. The molecule has 29 heavy (non-hydrogen) atoms. The van der Waals surface area contributed by atoms with Crippen LogP contribution in [0, 0.1) is 11.7 Å². The number of halogens is 1. The highest BCUT2D eigenvalue weighted by molar-refractivity contribution is 5.96. The van der Waals surface area contributed by atoms with E-state index in [0.717, 1.165) is 17.2 Å². The lowest BCUT2D eigenvalue weighted by Crippen LogP contribution is -2.40. The molecular weight excluding hydrogens is 371 g/mol. The zero-order valence-electron chi connectivity index (χ0n) is 15.7. The number of carboxylic acid groups (broad SMARTS) is 1. The molecule has 0 amide bonds. The Balaban J connectivity index is 1.70. The summed E-state index contributed by atoms with van der Waals surface area (Å²) >= 11 is 0. The van der Waals surface area contributed by atoms with Crippen molar-refractivity contribution in [3.63, 3.8) is 0 Å². The van der Waals surface area contributed by atoms with Gasteiger partial charge in [-0.25, -0.2) is 9.18 Å². The summed E-state index contributed by atoms with van der Waals surface area (Å²) in [6.07, 6.45) is 1.75. The molecule has 0 aliphatic heterocycles. The standard InChI is InChI=1S/C24H21FO4/c25-19-9-10-20(23(26)27)21(14-19)16-7-11-22-17(13-16)6-8-18(24(22,28)29)12-15-4-2-1-3-5-15/h1-5,7,9-11,13-14,18,28-29H,6,8,12H2,(H,26,27). The molecule has 0 radical (unpaired) electrons. The summed E-state index contributed by atoms with van der Waals surface area (Å²) in [4.78, 5) is 11.5. The molecule has 1 unspecified atom stereocenters. The second-order valence-corrected chi connectivity index (χ2v) is 7.52. The van der Waals surface area contributed by atoms with Crippen LogP contribution in [0.25, 0.3) is 11.1 Å². The Labute approximate surface area is 167 Å². The number of benzene rings is 3. The Morgan fingerprint density at radius 3 is 2.52 bits per heavy atom. The van der Waals surface area contributed by atoms with Crippen LogP contribution in [0.2, 0.25) is 0 Å². The molecular formula is C24H21FO4. The Morgan fingerprint density at radius 2 is 1.79 bits per heavy atom. The van der Waals surface area contributed by atoms with Gasteiger partial charge in [-0.1, -0.05) is 48.5 Å². The molecule has 0 saturated carbocycles. The number of aliphatic hydroxyl groups is 2. The number of aromatic carboxylic acids is 1. The molecule has 0 heterocycles. The number of fused-ring (bicyclic) bond motifs is 1. The van der Waals surface area contributed by atoms with Gasteiger partial charge in [-0.2, -0.15) is 0 Å². The monoisotopic (exact) mass is 392 g/mol. The molecule has 0 spiro atoms. The summed E-state index contributed by atoms with van der Waals surface area (Å²) in [5.41, 5.74) is 3.00. The minimum Gasteiger partial charge on any atom is -0.478 e. The second-order valence-electron chi connectivity index (χ2n) is 7.52. The van der Waals surface area contributed by atoms with Gasteiger partial charge in [0.2, 0.25) is 0 Å². The molecule has 3 aromatic carbocycles. The second kappa shape index (κ2) is 7.43. The third-order valence-corrected chi connectivity index (χ3v) is 5.68. The molecule has 0 aromatic heterocycles. The molecule has 0 fully saturated rings. The first-order valence-corrected chi connectivity index (χ1v) is 9.51. The Kier molecular flexibility index (Phi) is 4.94. The van der Waals surface area contributed by atoms with E-state index in [2.05, 4.69) is 0 Å². The summed E-state index contributed by atoms with van der Waals surface area (Å²) in [5.74, 6) is -4.00. The van der Waals surface area contributed by atoms with Crippen molar-refractivity contribution in [3.05, 3.63) is 94.8 Å². The number of carbonyl (C=O) groups is 1. The number of hydrogen-bond acceptors (Lipinski definition) is 3. The predicted molar refractivity (Wildman–Crippen MR) is 107 cm³/mol. The van der Waals surface area contributed by atoms with Gasteiger partial charge in [0.15, 0.2) is 5.79 Å². The van der Waals surface area contributed by atoms with Crippen LogP contribution in [-0.4, -0.2) is 21.3 Å². The molecule has 1 atom stereocenters. The van der Waals surface area contributed by atoms with E-state index in [1.54, 1.807) is 18.2 Å².